The molecular formula is C16H21NO5. The summed E-state index contributed by atoms with van der Waals surface area (Å²) in [6.45, 7) is 2.57. The summed E-state index contributed by atoms with van der Waals surface area (Å²) in [6.07, 6.45) is 1.66. The first-order valence-electron chi connectivity index (χ1n) is 7.24. The van der Waals surface area contributed by atoms with E-state index in [9.17, 15) is 9.59 Å². The van der Waals surface area contributed by atoms with Gasteiger partial charge in [0.05, 0.1) is 0 Å². The molecule has 1 fully saturated rings. The highest BCUT2D eigenvalue weighted by Gasteiger charge is 2.39. The van der Waals surface area contributed by atoms with Crippen LogP contribution in [0.4, 0.5) is 0 Å². The highest BCUT2D eigenvalue weighted by molar-refractivity contribution is 5.84. The van der Waals surface area contributed by atoms with Crippen LogP contribution in [0.5, 0.6) is 5.75 Å². The van der Waals surface area contributed by atoms with Gasteiger partial charge in [0.25, 0.3) is 5.91 Å². The Hall–Kier alpha value is -2.08. The molecule has 1 unspecified atom stereocenters. The molecule has 120 valence electrons. The van der Waals surface area contributed by atoms with Gasteiger partial charge in [0, 0.05) is 20.2 Å². The molecule has 0 saturated carbocycles. The minimum atomic E-state index is -1.01. The summed E-state index contributed by atoms with van der Waals surface area (Å²) in [4.78, 5) is 24.5. The Morgan fingerprint density at radius 1 is 1.36 bits per heavy atom. The number of carbonyl (C=O) groups excluding carboxylic acids is 1. The molecule has 0 aromatic heterocycles. The number of hydrogen-bond acceptors (Lipinski definition) is 4. The number of carboxylic acid groups (broad SMARTS) is 1. The number of ether oxygens (including phenoxy) is 2. The molecule has 0 aliphatic carbocycles. The summed E-state index contributed by atoms with van der Waals surface area (Å²) >= 11 is 0. The first kappa shape index (κ1) is 16.3. The van der Waals surface area contributed by atoms with E-state index in [1.807, 2.05) is 19.1 Å². The lowest BCUT2D eigenvalue weighted by Gasteiger charge is -2.28. The van der Waals surface area contributed by atoms with E-state index in [0.29, 0.717) is 18.9 Å². The van der Waals surface area contributed by atoms with Crippen molar-refractivity contribution in [1.82, 2.24) is 4.90 Å². The Morgan fingerprint density at radius 3 is 2.59 bits per heavy atom. The third-order valence-electron chi connectivity index (χ3n) is 3.72. The number of carboxylic acids is 1. The maximum absolute atomic E-state index is 12.4. The molecule has 1 aromatic rings. The quantitative estimate of drug-likeness (QED) is 0.865. The summed E-state index contributed by atoms with van der Waals surface area (Å²) in [5, 5.41) is 8.56. The van der Waals surface area contributed by atoms with Crippen molar-refractivity contribution in [2.75, 3.05) is 20.3 Å². The Morgan fingerprint density at radius 2 is 2.05 bits per heavy atom. The molecule has 1 aromatic carbocycles. The van der Waals surface area contributed by atoms with Crippen LogP contribution in [0.3, 0.4) is 0 Å². The molecule has 2 rings (SSSR count). The summed E-state index contributed by atoms with van der Waals surface area (Å²) in [7, 11) is 1.75. The van der Waals surface area contributed by atoms with Crippen LogP contribution in [-0.2, 0) is 20.9 Å². The van der Waals surface area contributed by atoms with E-state index in [2.05, 4.69) is 0 Å². The molecule has 0 radical (unpaired) electrons. The van der Waals surface area contributed by atoms with E-state index in [1.54, 1.807) is 24.1 Å². The minimum Gasteiger partial charge on any atom is -0.482 e. The van der Waals surface area contributed by atoms with Crippen LogP contribution in [0.1, 0.15) is 25.3 Å². The summed E-state index contributed by atoms with van der Waals surface area (Å²) in [5.74, 6) is -0.540. The minimum absolute atomic E-state index is 0.0174. The maximum atomic E-state index is 12.4. The fraction of sp³-hybridized carbons (Fsp3) is 0.500. The lowest BCUT2D eigenvalue weighted by molar-refractivity contribution is -0.150. The van der Waals surface area contributed by atoms with Crippen LogP contribution in [-0.4, -0.2) is 47.7 Å². The molecule has 1 saturated heterocycles. The lowest BCUT2D eigenvalue weighted by atomic mass is 10.0. The van der Waals surface area contributed by atoms with Gasteiger partial charge in [0.2, 0.25) is 0 Å². The van der Waals surface area contributed by atoms with Crippen LogP contribution in [0.2, 0.25) is 0 Å². The molecule has 6 heteroatoms. The van der Waals surface area contributed by atoms with Crippen molar-refractivity contribution >= 4 is 11.9 Å². The van der Waals surface area contributed by atoms with E-state index in [1.165, 1.54) is 0 Å². The van der Waals surface area contributed by atoms with Crippen molar-refractivity contribution < 1.29 is 24.2 Å². The van der Waals surface area contributed by atoms with Crippen molar-refractivity contribution in [1.29, 1.82) is 0 Å². The standard InChI is InChI=1S/C16H21NO5/c1-16(8-3-9-22-16)15(20)17(2)10-12-4-6-13(7-5-12)21-11-14(18)19/h4-7H,3,8-11H2,1-2H3,(H,18,19). The largest absolute Gasteiger partial charge is 0.482 e. The number of hydrogen-bond donors (Lipinski definition) is 1. The maximum Gasteiger partial charge on any atom is 0.341 e. The molecule has 1 aliphatic heterocycles. The molecule has 1 amide bonds. The number of benzene rings is 1. The van der Waals surface area contributed by atoms with Gasteiger partial charge in [0.15, 0.2) is 6.61 Å². The van der Waals surface area contributed by atoms with Gasteiger partial charge in [0.1, 0.15) is 11.4 Å². The smallest absolute Gasteiger partial charge is 0.341 e. The average Bonchev–Trinajstić information content (AvgIpc) is 2.93. The molecule has 0 bridgehead atoms. The van der Waals surface area contributed by atoms with E-state index in [-0.39, 0.29) is 12.5 Å². The number of likely N-dealkylation sites (N-methyl/N-ethyl adjacent to an activating group) is 1. The fourth-order valence-corrected chi connectivity index (χ4v) is 2.53. The zero-order valence-corrected chi connectivity index (χ0v) is 12.9. The van der Waals surface area contributed by atoms with Gasteiger partial charge in [-0.2, -0.15) is 0 Å². The van der Waals surface area contributed by atoms with Gasteiger partial charge in [-0.1, -0.05) is 12.1 Å². The predicted octanol–water partition coefficient (Wildman–Crippen LogP) is 1.68. The van der Waals surface area contributed by atoms with Gasteiger partial charge in [-0.15, -0.1) is 0 Å². The van der Waals surface area contributed by atoms with Crippen LogP contribution in [0.25, 0.3) is 0 Å². The van der Waals surface area contributed by atoms with Gasteiger partial charge in [-0.25, -0.2) is 4.79 Å². The van der Waals surface area contributed by atoms with Crippen LogP contribution in [0, 0.1) is 0 Å². The molecule has 1 atom stereocenters. The second-order valence-electron chi connectivity index (χ2n) is 5.67. The van der Waals surface area contributed by atoms with Gasteiger partial charge in [-0.05, 0) is 37.5 Å². The first-order valence-corrected chi connectivity index (χ1v) is 7.24. The number of aliphatic carboxylic acids is 1. The number of nitrogens with zero attached hydrogens (tertiary/aromatic N) is 1. The Labute approximate surface area is 129 Å². The van der Waals surface area contributed by atoms with E-state index < -0.39 is 11.6 Å². The highest BCUT2D eigenvalue weighted by Crippen LogP contribution is 2.27. The SMILES string of the molecule is CN(Cc1ccc(OCC(=O)O)cc1)C(=O)C1(C)CCCO1. The predicted molar refractivity (Wildman–Crippen MR) is 79.6 cm³/mol. The summed E-state index contributed by atoms with van der Waals surface area (Å²) in [6, 6.07) is 7.03. The van der Waals surface area contributed by atoms with Crippen LogP contribution in [0.15, 0.2) is 24.3 Å². The normalized spacial score (nSPS) is 20.6. The van der Waals surface area contributed by atoms with E-state index in [0.717, 1.165) is 18.4 Å². The van der Waals surface area contributed by atoms with Crippen molar-refractivity contribution in [2.45, 2.75) is 31.9 Å². The molecule has 0 spiro atoms. The van der Waals surface area contributed by atoms with Gasteiger partial charge >= 0.3 is 5.97 Å². The van der Waals surface area contributed by atoms with Crippen LogP contribution < -0.4 is 4.74 Å². The summed E-state index contributed by atoms with van der Waals surface area (Å²) in [5.41, 5.74) is 0.236. The Bertz CT molecular complexity index is 534. The summed E-state index contributed by atoms with van der Waals surface area (Å²) < 4.78 is 10.6. The zero-order chi connectivity index (χ0) is 16.2. The molecule has 1 aliphatic rings. The zero-order valence-electron chi connectivity index (χ0n) is 12.9. The van der Waals surface area contributed by atoms with Crippen LogP contribution >= 0.6 is 0 Å². The molecule has 22 heavy (non-hydrogen) atoms. The average molecular weight is 307 g/mol. The van der Waals surface area contributed by atoms with Crippen molar-refractivity contribution in [3.63, 3.8) is 0 Å². The topological polar surface area (TPSA) is 76.1 Å². The van der Waals surface area contributed by atoms with Crippen molar-refractivity contribution in [3.05, 3.63) is 29.8 Å². The van der Waals surface area contributed by atoms with Gasteiger partial charge in [-0.3, -0.25) is 4.79 Å². The first-order chi connectivity index (χ1) is 10.4. The molecule has 1 N–H and O–H groups in total. The molecular weight excluding hydrogens is 286 g/mol. The lowest BCUT2D eigenvalue weighted by Crippen LogP contribution is -2.44. The number of amides is 1. The Balaban J connectivity index is 1.92. The highest BCUT2D eigenvalue weighted by atomic mass is 16.5. The third-order valence-corrected chi connectivity index (χ3v) is 3.72. The van der Waals surface area contributed by atoms with Gasteiger partial charge < -0.3 is 19.5 Å². The Kier molecular flexibility index (Phi) is 5.03. The fourth-order valence-electron chi connectivity index (χ4n) is 2.53. The number of carbonyl (C=O) groups is 2. The van der Waals surface area contributed by atoms with Crippen molar-refractivity contribution in [3.8, 4) is 5.75 Å². The second-order valence-corrected chi connectivity index (χ2v) is 5.67. The third kappa shape index (κ3) is 3.98. The van der Waals surface area contributed by atoms with Crippen molar-refractivity contribution in [2.24, 2.45) is 0 Å². The van der Waals surface area contributed by atoms with E-state index in [4.69, 9.17) is 14.6 Å². The molecule has 6 nitrogen and oxygen atoms in total. The second kappa shape index (κ2) is 6.79. The molecule has 1 heterocycles. The van der Waals surface area contributed by atoms with E-state index >= 15 is 0 Å². The number of rotatable bonds is 6. The monoisotopic (exact) mass is 307 g/mol.